The number of carbonyl (C=O) groups excluding carboxylic acids is 1. The predicted molar refractivity (Wildman–Crippen MR) is 64.9 cm³/mol. The lowest BCUT2D eigenvalue weighted by Gasteiger charge is -2.22. The Balaban J connectivity index is 2.49. The Morgan fingerprint density at radius 3 is 2.65 bits per heavy atom. The quantitative estimate of drug-likeness (QED) is 0.885. The Hall–Kier alpha value is -1.97. The Morgan fingerprint density at radius 2 is 2.00 bits per heavy atom. The highest BCUT2D eigenvalue weighted by Gasteiger charge is 2.29. The van der Waals surface area contributed by atoms with Crippen molar-refractivity contribution in [2.75, 3.05) is 0 Å². The summed E-state index contributed by atoms with van der Waals surface area (Å²) >= 11 is 0. The van der Waals surface area contributed by atoms with Crippen LogP contribution in [-0.2, 0) is 4.79 Å². The minimum absolute atomic E-state index is 0.512. The van der Waals surface area contributed by atoms with Crippen molar-refractivity contribution in [3.8, 4) is 5.75 Å². The molecule has 0 aliphatic heterocycles. The van der Waals surface area contributed by atoms with Gasteiger partial charge in [-0.2, -0.15) is 0 Å². The van der Waals surface area contributed by atoms with Crippen molar-refractivity contribution in [2.45, 2.75) is 26.4 Å². The maximum Gasteiger partial charge on any atom is 0.261 e. The molecule has 0 radical (unpaired) electrons. The second-order valence-electron chi connectivity index (χ2n) is 4.46. The van der Waals surface area contributed by atoms with Crippen LogP contribution in [0, 0.1) is 6.92 Å². The van der Waals surface area contributed by atoms with Gasteiger partial charge in [0.1, 0.15) is 11.3 Å². The number of amides is 1. The molecule has 4 heteroatoms. The second kappa shape index (κ2) is 3.80. The summed E-state index contributed by atoms with van der Waals surface area (Å²) in [6.45, 7) is 5.07. The number of primary amides is 1. The van der Waals surface area contributed by atoms with Crippen LogP contribution in [0.25, 0.3) is 11.0 Å². The SMILES string of the molecule is Cc1oc2ccccc2c1OC(C)(C)C(N)=O. The fourth-order valence-electron chi connectivity index (χ4n) is 1.58. The van der Waals surface area contributed by atoms with Crippen LogP contribution >= 0.6 is 0 Å². The van der Waals surface area contributed by atoms with Gasteiger partial charge in [-0.3, -0.25) is 4.79 Å². The van der Waals surface area contributed by atoms with Crippen LogP contribution in [0.2, 0.25) is 0 Å². The fraction of sp³-hybridized carbons (Fsp3) is 0.308. The van der Waals surface area contributed by atoms with Crippen LogP contribution in [0.5, 0.6) is 5.75 Å². The number of aryl methyl sites for hydroxylation is 1. The summed E-state index contributed by atoms with van der Waals surface area (Å²) in [6.07, 6.45) is 0. The molecule has 4 nitrogen and oxygen atoms in total. The maximum atomic E-state index is 11.3. The van der Waals surface area contributed by atoms with E-state index in [9.17, 15) is 4.79 Å². The molecule has 1 aromatic heterocycles. The van der Waals surface area contributed by atoms with Gasteiger partial charge in [-0.15, -0.1) is 0 Å². The van der Waals surface area contributed by atoms with E-state index in [2.05, 4.69) is 0 Å². The number of ether oxygens (including phenoxy) is 1. The molecule has 2 aromatic rings. The van der Waals surface area contributed by atoms with Gasteiger partial charge in [0.2, 0.25) is 0 Å². The van der Waals surface area contributed by atoms with Gasteiger partial charge in [0.25, 0.3) is 5.91 Å². The van der Waals surface area contributed by atoms with Crippen LogP contribution < -0.4 is 10.5 Å². The van der Waals surface area contributed by atoms with Gasteiger partial charge in [-0.25, -0.2) is 0 Å². The standard InChI is InChI=1S/C13H15NO3/c1-8-11(17-13(2,3)12(14)15)9-6-4-5-7-10(9)16-8/h4-7H,1-3H3,(H2,14,15). The fourth-order valence-corrected chi connectivity index (χ4v) is 1.58. The van der Waals surface area contributed by atoms with Crippen LogP contribution in [0.15, 0.2) is 28.7 Å². The first-order valence-electron chi connectivity index (χ1n) is 5.39. The summed E-state index contributed by atoms with van der Waals surface area (Å²) in [5.41, 5.74) is 4.96. The van der Waals surface area contributed by atoms with Gasteiger partial charge in [-0.1, -0.05) is 12.1 Å². The molecule has 0 atom stereocenters. The van der Waals surface area contributed by atoms with E-state index in [1.807, 2.05) is 24.3 Å². The normalized spacial score (nSPS) is 11.7. The van der Waals surface area contributed by atoms with Gasteiger partial charge in [-0.05, 0) is 32.9 Å². The average Bonchev–Trinajstić information content (AvgIpc) is 2.55. The lowest BCUT2D eigenvalue weighted by atomic mass is 10.1. The molecule has 1 heterocycles. The monoisotopic (exact) mass is 233 g/mol. The maximum absolute atomic E-state index is 11.3. The molecule has 1 amide bonds. The smallest absolute Gasteiger partial charge is 0.261 e. The third-order valence-corrected chi connectivity index (χ3v) is 2.67. The van der Waals surface area contributed by atoms with Crippen LogP contribution in [0.1, 0.15) is 19.6 Å². The van der Waals surface area contributed by atoms with Gasteiger partial charge < -0.3 is 14.9 Å². The number of para-hydroxylation sites is 1. The molecule has 90 valence electrons. The molecular formula is C13H15NO3. The highest BCUT2D eigenvalue weighted by molar-refractivity contribution is 5.87. The van der Waals surface area contributed by atoms with E-state index in [-0.39, 0.29) is 0 Å². The van der Waals surface area contributed by atoms with Crippen molar-refractivity contribution in [3.63, 3.8) is 0 Å². The summed E-state index contributed by atoms with van der Waals surface area (Å²) in [4.78, 5) is 11.3. The van der Waals surface area contributed by atoms with Crippen LogP contribution in [-0.4, -0.2) is 11.5 Å². The molecule has 2 rings (SSSR count). The molecule has 0 bridgehead atoms. The zero-order valence-corrected chi connectivity index (χ0v) is 10.1. The number of hydrogen-bond acceptors (Lipinski definition) is 3. The summed E-state index contributed by atoms with van der Waals surface area (Å²) in [6, 6.07) is 7.51. The highest BCUT2D eigenvalue weighted by atomic mass is 16.5. The Labute approximate surface area is 99.3 Å². The van der Waals surface area contributed by atoms with Crippen molar-refractivity contribution in [3.05, 3.63) is 30.0 Å². The predicted octanol–water partition coefficient (Wildman–Crippen LogP) is 2.38. The first-order chi connectivity index (χ1) is 7.92. The Bertz CT molecular complexity index is 569. The highest BCUT2D eigenvalue weighted by Crippen LogP contribution is 2.34. The Morgan fingerprint density at radius 1 is 1.35 bits per heavy atom. The van der Waals surface area contributed by atoms with E-state index in [0.717, 1.165) is 11.0 Å². The molecule has 17 heavy (non-hydrogen) atoms. The molecule has 0 saturated carbocycles. The first kappa shape index (κ1) is 11.5. The molecule has 0 aliphatic rings. The number of carbonyl (C=O) groups is 1. The van der Waals surface area contributed by atoms with Crippen LogP contribution in [0.3, 0.4) is 0 Å². The molecule has 0 spiro atoms. The van der Waals surface area contributed by atoms with E-state index in [0.29, 0.717) is 11.5 Å². The van der Waals surface area contributed by atoms with E-state index >= 15 is 0 Å². The zero-order chi connectivity index (χ0) is 12.6. The van der Waals surface area contributed by atoms with E-state index in [1.165, 1.54) is 0 Å². The topological polar surface area (TPSA) is 65.5 Å². The number of hydrogen-bond donors (Lipinski definition) is 1. The molecule has 1 aromatic carbocycles. The number of furan rings is 1. The minimum Gasteiger partial charge on any atom is -0.474 e. The lowest BCUT2D eigenvalue weighted by molar-refractivity contribution is -0.130. The molecule has 0 saturated heterocycles. The van der Waals surface area contributed by atoms with Gasteiger partial charge in [0.05, 0.1) is 5.39 Å². The van der Waals surface area contributed by atoms with Crippen molar-refractivity contribution in [2.24, 2.45) is 5.73 Å². The summed E-state index contributed by atoms with van der Waals surface area (Å²) < 4.78 is 11.2. The number of rotatable bonds is 3. The van der Waals surface area contributed by atoms with E-state index < -0.39 is 11.5 Å². The van der Waals surface area contributed by atoms with Crippen molar-refractivity contribution in [1.82, 2.24) is 0 Å². The number of benzene rings is 1. The van der Waals surface area contributed by atoms with Gasteiger partial charge in [0.15, 0.2) is 11.4 Å². The summed E-state index contributed by atoms with van der Waals surface area (Å²) in [5.74, 6) is 0.701. The average molecular weight is 233 g/mol. The minimum atomic E-state index is -1.06. The van der Waals surface area contributed by atoms with E-state index in [1.54, 1.807) is 20.8 Å². The lowest BCUT2D eigenvalue weighted by Crippen LogP contribution is -2.43. The third-order valence-electron chi connectivity index (χ3n) is 2.67. The third kappa shape index (κ3) is 1.98. The van der Waals surface area contributed by atoms with Crippen molar-refractivity contribution >= 4 is 16.9 Å². The van der Waals surface area contributed by atoms with Crippen molar-refractivity contribution in [1.29, 1.82) is 0 Å². The van der Waals surface area contributed by atoms with Crippen LogP contribution in [0.4, 0.5) is 0 Å². The summed E-state index contributed by atoms with van der Waals surface area (Å²) in [5, 5.41) is 0.847. The Kier molecular flexibility index (Phi) is 2.58. The molecule has 0 aliphatic carbocycles. The number of nitrogens with two attached hydrogens (primary N) is 1. The van der Waals surface area contributed by atoms with Gasteiger partial charge in [0, 0.05) is 0 Å². The van der Waals surface area contributed by atoms with E-state index in [4.69, 9.17) is 14.9 Å². The molecule has 0 fully saturated rings. The molecular weight excluding hydrogens is 218 g/mol. The van der Waals surface area contributed by atoms with Crippen molar-refractivity contribution < 1.29 is 13.9 Å². The largest absolute Gasteiger partial charge is 0.474 e. The van der Waals surface area contributed by atoms with Gasteiger partial charge >= 0.3 is 0 Å². The number of fused-ring (bicyclic) bond motifs is 1. The second-order valence-corrected chi connectivity index (χ2v) is 4.46. The zero-order valence-electron chi connectivity index (χ0n) is 10.1. The first-order valence-corrected chi connectivity index (χ1v) is 5.39. The summed E-state index contributed by atoms with van der Waals surface area (Å²) in [7, 11) is 0. The molecule has 2 N–H and O–H groups in total. The molecule has 0 unspecified atom stereocenters.